The van der Waals surface area contributed by atoms with Crippen molar-refractivity contribution in [3.05, 3.63) is 0 Å². The fourth-order valence-corrected chi connectivity index (χ4v) is 1.83. The second-order valence-corrected chi connectivity index (χ2v) is 3.84. The first-order valence-electron chi connectivity index (χ1n) is 4.31. The molecule has 0 amide bonds. The molecule has 1 aliphatic carbocycles. The Labute approximate surface area is 63.4 Å². The van der Waals surface area contributed by atoms with Crippen LogP contribution in [0.25, 0.3) is 0 Å². The Morgan fingerprint density at radius 3 is 2.10 bits per heavy atom. The lowest BCUT2D eigenvalue weighted by Gasteiger charge is -2.35. The number of hydrogen-bond acceptors (Lipinski definition) is 1. The van der Waals surface area contributed by atoms with Crippen LogP contribution in [-0.4, -0.2) is 11.2 Å². The largest absolute Gasteiger partial charge is 0.393 e. The predicted octanol–water partition coefficient (Wildman–Crippen LogP) is 2.05. The number of aliphatic hydroxyl groups is 1. The molecule has 0 bridgehead atoms. The molecule has 0 spiro atoms. The summed E-state index contributed by atoms with van der Waals surface area (Å²) in [5.41, 5.74) is 0. The Hall–Kier alpha value is -0.0400. The van der Waals surface area contributed by atoms with E-state index in [9.17, 15) is 5.11 Å². The van der Waals surface area contributed by atoms with Crippen molar-refractivity contribution in [3.8, 4) is 0 Å². The molecule has 1 N–H and O–H groups in total. The summed E-state index contributed by atoms with van der Waals surface area (Å²) in [5, 5.41) is 9.47. The molecule has 0 heterocycles. The van der Waals surface area contributed by atoms with Gasteiger partial charge in [-0.05, 0) is 30.6 Å². The molecule has 1 aliphatic rings. The molecule has 1 nitrogen and oxygen atoms in total. The van der Waals surface area contributed by atoms with Crippen LogP contribution >= 0.6 is 0 Å². The van der Waals surface area contributed by atoms with Crippen molar-refractivity contribution in [1.29, 1.82) is 0 Å². The monoisotopic (exact) mass is 142 g/mol. The van der Waals surface area contributed by atoms with Gasteiger partial charge in [-0.1, -0.05) is 20.8 Å². The standard InChI is InChI=1S/C9H18O/c1-6-4-5-9(10)8(3)7(6)2/h6-10H,4-5H2,1-3H3. The third-order valence-electron chi connectivity index (χ3n) is 3.25. The molecule has 0 aromatic carbocycles. The second kappa shape index (κ2) is 2.91. The summed E-state index contributed by atoms with van der Waals surface area (Å²) in [5.74, 6) is 2.01. The summed E-state index contributed by atoms with van der Waals surface area (Å²) in [6.07, 6.45) is 2.17. The smallest absolute Gasteiger partial charge is 0.0568 e. The van der Waals surface area contributed by atoms with Crippen LogP contribution in [0.1, 0.15) is 33.6 Å². The van der Waals surface area contributed by atoms with Gasteiger partial charge in [0.25, 0.3) is 0 Å². The van der Waals surface area contributed by atoms with Crippen LogP contribution in [0.4, 0.5) is 0 Å². The molecule has 4 atom stereocenters. The molecule has 0 aliphatic heterocycles. The zero-order valence-corrected chi connectivity index (χ0v) is 7.17. The maximum absolute atomic E-state index is 9.47. The quantitative estimate of drug-likeness (QED) is 0.549. The summed E-state index contributed by atoms with van der Waals surface area (Å²) in [6, 6.07) is 0. The lowest BCUT2D eigenvalue weighted by molar-refractivity contribution is 0.0233. The van der Waals surface area contributed by atoms with Crippen LogP contribution in [0.5, 0.6) is 0 Å². The predicted molar refractivity (Wildman–Crippen MR) is 42.7 cm³/mol. The molecule has 1 rings (SSSR count). The molecule has 4 unspecified atom stereocenters. The lowest BCUT2D eigenvalue weighted by atomic mass is 9.73. The van der Waals surface area contributed by atoms with Crippen molar-refractivity contribution in [2.75, 3.05) is 0 Å². The van der Waals surface area contributed by atoms with Crippen molar-refractivity contribution in [1.82, 2.24) is 0 Å². The Morgan fingerprint density at radius 2 is 1.60 bits per heavy atom. The Kier molecular flexibility index (Phi) is 2.35. The van der Waals surface area contributed by atoms with Gasteiger partial charge in [0, 0.05) is 0 Å². The van der Waals surface area contributed by atoms with E-state index in [2.05, 4.69) is 20.8 Å². The van der Waals surface area contributed by atoms with Gasteiger partial charge in [-0.25, -0.2) is 0 Å². The molecule has 1 fully saturated rings. The molecular formula is C9H18O. The summed E-state index contributed by atoms with van der Waals surface area (Å²) in [4.78, 5) is 0. The third kappa shape index (κ3) is 1.34. The highest BCUT2D eigenvalue weighted by Crippen LogP contribution is 2.33. The van der Waals surface area contributed by atoms with Gasteiger partial charge in [0.1, 0.15) is 0 Å². The molecule has 0 aromatic heterocycles. The fraction of sp³-hybridized carbons (Fsp3) is 1.00. The van der Waals surface area contributed by atoms with Crippen molar-refractivity contribution in [2.45, 2.75) is 39.7 Å². The Balaban J connectivity index is 2.52. The third-order valence-corrected chi connectivity index (χ3v) is 3.25. The maximum Gasteiger partial charge on any atom is 0.0568 e. The number of hydrogen-bond donors (Lipinski definition) is 1. The minimum atomic E-state index is -0.0359. The first-order valence-corrected chi connectivity index (χ1v) is 4.31. The summed E-state index contributed by atoms with van der Waals surface area (Å²) < 4.78 is 0. The lowest BCUT2D eigenvalue weighted by Crippen LogP contribution is -2.33. The van der Waals surface area contributed by atoms with Gasteiger partial charge in [-0.3, -0.25) is 0 Å². The minimum absolute atomic E-state index is 0.0359. The molecule has 0 saturated heterocycles. The Morgan fingerprint density at radius 1 is 1.00 bits per heavy atom. The van der Waals surface area contributed by atoms with Gasteiger partial charge in [0.15, 0.2) is 0 Å². The van der Waals surface area contributed by atoms with E-state index in [4.69, 9.17) is 0 Å². The summed E-state index contributed by atoms with van der Waals surface area (Å²) in [7, 11) is 0. The van der Waals surface area contributed by atoms with E-state index in [1.54, 1.807) is 0 Å². The van der Waals surface area contributed by atoms with Gasteiger partial charge in [-0.15, -0.1) is 0 Å². The highest BCUT2D eigenvalue weighted by atomic mass is 16.3. The first kappa shape index (κ1) is 8.06. The van der Waals surface area contributed by atoms with Crippen LogP contribution < -0.4 is 0 Å². The zero-order chi connectivity index (χ0) is 7.72. The maximum atomic E-state index is 9.47. The second-order valence-electron chi connectivity index (χ2n) is 3.84. The topological polar surface area (TPSA) is 20.2 Å². The number of aliphatic hydroxyl groups excluding tert-OH is 1. The normalized spacial score (nSPS) is 49.2. The first-order chi connectivity index (χ1) is 4.63. The van der Waals surface area contributed by atoms with E-state index in [0.717, 1.165) is 12.3 Å². The van der Waals surface area contributed by atoms with Crippen LogP contribution in [0, 0.1) is 17.8 Å². The average Bonchev–Trinajstić information content (AvgIpc) is 1.93. The van der Waals surface area contributed by atoms with Gasteiger partial charge in [0.2, 0.25) is 0 Å². The van der Waals surface area contributed by atoms with E-state index >= 15 is 0 Å². The van der Waals surface area contributed by atoms with E-state index < -0.39 is 0 Å². The average molecular weight is 142 g/mol. The van der Waals surface area contributed by atoms with E-state index in [1.807, 2.05) is 0 Å². The van der Waals surface area contributed by atoms with Gasteiger partial charge in [0.05, 0.1) is 6.10 Å². The van der Waals surface area contributed by atoms with Crippen LogP contribution in [0.2, 0.25) is 0 Å². The molecule has 1 saturated carbocycles. The van der Waals surface area contributed by atoms with Crippen molar-refractivity contribution in [2.24, 2.45) is 17.8 Å². The van der Waals surface area contributed by atoms with Crippen LogP contribution in [0.15, 0.2) is 0 Å². The molecule has 10 heavy (non-hydrogen) atoms. The molecule has 0 aromatic rings. The molecule has 0 radical (unpaired) electrons. The minimum Gasteiger partial charge on any atom is -0.393 e. The zero-order valence-electron chi connectivity index (χ0n) is 7.17. The van der Waals surface area contributed by atoms with Crippen molar-refractivity contribution >= 4 is 0 Å². The number of rotatable bonds is 0. The summed E-state index contributed by atoms with van der Waals surface area (Å²) >= 11 is 0. The highest BCUT2D eigenvalue weighted by Gasteiger charge is 2.29. The van der Waals surface area contributed by atoms with E-state index in [-0.39, 0.29) is 6.10 Å². The SMILES string of the molecule is CC1CCC(O)C(C)C1C. The molecule has 1 heteroatoms. The van der Waals surface area contributed by atoms with Crippen LogP contribution in [-0.2, 0) is 0 Å². The highest BCUT2D eigenvalue weighted by molar-refractivity contribution is 4.80. The molecule has 60 valence electrons. The molecular weight excluding hydrogens is 124 g/mol. The van der Waals surface area contributed by atoms with Crippen LogP contribution in [0.3, 0.4) is 0 Å². The summed E-state index contributed by atoms with van der Waals surface area (Å²) in [6.45, 7) is 6.69. The van der Waals surface area contributed by atoms with Crippen molar-refractivity contribution < 1.29 is 5.11 Å². The van der Waals surface area contributed by atoms with E-state index in [1.165, 1.54) is 6.42 Å². The Bertz CT molecular complexity index is 97.3. The van der Waals surface area contributed by atoms with Gasteiger partial charge < -0.3 is 5.11 Å². The van der Waals surface area contributed by atoms with Gasteiger partial charge >= 0.3 is 0 Å². The van der Waals surface area contributed by atoms with Gasteiger partial charge in [-0.2, -0.15) is 0 Å². The fourth-order valence-electron chi connectivity index (χ4n) is 1.83. The van der Waals surface area contributed by atoms with E-state index in [0.29, 0.717) is 11.8 Å². The van der Waals surface area contributed by atoms with Crippen molar-refractivity contribution in [3.63, 3.8) is 0 Å².